The summed E-state index contributed by atoms with van der Waals surface area (Å²) in [7, 11) is 0. The van der Waals surface area contributed by atoms with E-state index in [9.17, 15) is 4.79 Å². The van der Waals surface area contributed by atoms with Crippen molar-refractivity contribution in [3.05, 3.63) is 102 Å². The quantitative estimate of drug-likeness (QED) is 0.318. The Balaban J connectivity index is 1.25. The summed E-state index contributed by atoms with van der Waals surface area (Å²) in [5.41, 5.74) is 4.62. The molecule has 0 aliphatic heterocycles. The van der Waals surface area contributed by atoms with Crippen LogP contribution in [-0.4, -0.2) is 27.2 Å². The van der Waals surface area contributed by atoms with Crippen molar-refractivity contribution >= 4 is 11.7 Å². The summed E-state index contributed by atoms with van der Waals surface area (Å²) in [6, 6.07) is 23.2. The first-order valence-corrected chi connectivity index (χ1v) is 12.7. The summed E-state index contributed by atoms with van der Waals surface area (Å²) in [6.45, 7) is 2.69. The van der Waals surface area contributed by atoms with Crippen LogP contribution in [0.4, 0.5) is 5.82 Å². The Bertz CT molecular complexity index is 1370. The van der Waals surface area contributed by atoms with Gasteiger partial charge in [0.1, 0.15) is 11.9 Å². The van der Waals surface area contributed by atoms with E-state index in [4.69, 9.17) is 5.26 Å². The Hall–Kier alpha value is -4.28. The lowest BCUT2D eigenvalue weighted by Gasteiger charge is -2.25. The monoisotopic (exact) mass is 490 g/mol. The third-order valence-electron chi connectivity index (χ3n) is 7.03. The van der Waals surface area contributed by atoms with Gasteiger partial charge in [0.05, 0.1) is 23.9 Å². The molecule has 0 bridgehead atoms. The molecule has 2 aromatic heterocycles. The Labute approximate surface area is 217 Å². The van der Waals surface area contributed by atoms with Gasteiger partial charge in [0.15, 0.2) is 0 Å². The van der Waals surface area contributed by atoms with E-state index in [0.29, 0.717) is 24.0 Å². The minimum absolute atomic E-state index is 0.157. The predicted molar refractivity (Wildman–Crippen MR) is 144 cm³/mol. The normalized spacial score (nSPS) is 14.8. The number of carbonyl (C=O) groups is 1. The van der Waals surface area contributed by atoms with Crippen LogP contribution < -0.4 is 10.6 Å². The van der Waals surface area contributed by atoms with Crippen molar-refractivity contribution in [2.45, 2.75) is 44.2 Å². The molecule has 0 spiro atoms. The molecule has 2 N–H and O–H groups in total. The number of benzene rings is 2. The highest BCUT2D eigenvalue weighted by Crippen LogP contribution is 2.32. The molecule has 2 atom stereocenters. The number of hydrogen-bond acceptors (Lipinski definition) is 5. The van der Waals surface area contributed by atoms with E-state index >= 15 is 0 Å². The summed E-state index contributed by atoms with van der Waals surface area (Å²) in [6.07, 6.45) is 9.36. The highest BCUT2D eigenvalue weighted by molar-refractivity contribution is 5.95. The molecule has 1 aliphatic rings. The standard InChI is InChI=1S/C30H30N6O/c1-21(23-12-10-22(16-31)11-13-23)17-33-29(24-6-3-2-4-7-24)30(37)35-28-15-14-25(18-32-28)26-19-34-36(20-26)27-8-5-9-27/h2-4,6-7,10-15,18-21,27,29,33H,5,8-9,17H2,1H3,(H,32,35,37)/t21?,29-/m0/s1. The van der Waals surface area contributed by atoms with Crippen molar-refractivity contribution in [3.63, 3.8) is 0 Å². The third kappa shape index (κ3) is 5.76. The van der Waals surface area contributed by atoms with Gasteiger partial charge in [-0.1, -0.05) is 49.4 Å². The number of nitriles is 1. The van der Waals surface area contributed by atoms with E-state index in [-0.39, 0.29) is 11.8 Å². The number of rotatable bonds is 9. The number of anilines is 1. The first-order valence-electron chi connectivity index (χ1n) is 12.7. The lowest BCUT2D eigenvalue weighted by atomic mass is 9.93. The molecule has 2 heterocycles. The zero-order chi connectivity index (χ0) is 25.6. The molecule has 1 fully saturated rings. The SMILES string of the molecule is CC(CN[C@H](C(=O)Nc1ccc(-c2cnn(C3CCC3)c2)cn1)c1ccccc1)c1ccc(C#N)cc1. The Kier molecular flexibility index (Phi) is 7.38. The van der Waals surface area contributed by atoms with Crippen molar-refractivity contribution in [1.29, 1.82) is 5.26 Å². The van der Waals surface area contributed by atoms with Crippen LogP contribution in [0.25, 0.3) is 11.1 Å². The molecule has 4 aromatic rings. The molecule has 186 valence electrons. The van der Waals surface area contributed by atoms with Crippen LogP contribution >= 0.6 is 0 Å². The van der Waals surface area contributed by atoms with Gasteiger partial charge in [0.2, 0.25) is 5.91 Å². The van der Waals surface area contributed by atoms with Gasteiger partial charge in [-0.05, 0) is 60.6 Å². The molecule has 0 saturated heterocycles. The number of amides is 1. The number of nitrogens with zero attached hydrogens (tertiary/aromatic N) is 4. The van der Waals surface area contributed by atoms with E-state index < -0.39 is 6.04 Å². The minimum atomic E-state index is -0.538. The van der Waals surface area contributed by atoms with Crippen LogP contribution in [0.1, 0.15) is 60.9 Å². The van der Waals surface area contributed by atoms with Crippen LogP contribution in [0.5, 0.6) is 0 Å². The van der Waals surface area contributed by atoms with Crippen LogP contribution in [-0.2, 0) is 4.79 Å². The molecule has 1 saturated carbocycles. The number of nitrogens with one attached hydrogen (secondary N) is 2. The Morgan fingerprint density at radius 1 is 1.03 bits per heavy atom. The van der Waals surface area contributed by atoms with Gasteiger partial charge in [0.25, 0.3) is 0 Å². The molecular weight excluding hydrogens is 460 g/mol. The van der Waals surface area contributed by atoms with Crippen LogP contribution in [0.2, 0.25) is 0 Å². The van der Waals surface area contributed by atoms with Gasteiger partial charge in [-0.25, -0.2) is 4.98 Å². The predicted octanol–water partition coefficient (Wildman–Crippen LogP) is 5.61. The first kappa shape index (κ1) is 24.4. The van der Waals surface area contributed by atoms with Gasteiger partial charge in [0, 0.05) is 30.1 Å². The first-order chi connectivity index (χ1) is 18.1. The lowest BCUT2D eigenvalue weighted by Crippen LogP contribution is -2.35. The maximum absolute atomic E-state index is 13.4. The number of carbonyl (C=O) groups excluding carboxylic acids is 1. The fourth-order valence-corrected chi connectivity index (χ4v) is 4.48. The fourth-order valence-electron chi connectivity index (χ4n) is 4.48. The van der Waals surface area contributed by atoms with Gasteiger partial charge < -0.3 is 10.6 Å². The zero-order valence-electron chi connectivity index (χ0n) is 20.8. The summed E-state index contributed by atoms with van der Waals surface area (Å²) < 4.78 is 2.05. The molecule has 0 radical (unpaired) electrons. The molecule has 37 heavy (non-hydrogen) atoms. The fraction of sp³-hybridized carbons (Fsp3) is 0.267. The highest BCUT2D eigenvalue weighted by atomic mass is 16.2. The number of aromatic nitrogens is 3. The summed E-state index contributed by atoms with van der Waals surface area (Å²) in [4.78, 5) is 17.9. The molecule has 2 aromatic carbocycles. The van der Waals surface area contributed by atoms with Crippen molar-refractivity contribution in [3.8, 4) is 17.2 Å². The second-order valence-electron chi connectivity index (χ2n) is 9.60. The largest absolute Gasteiger partial charge is 0.309 e. The average Bonchev–Trinajstić information content (AvgIpc) is 3.38. The third-order valence-corrected chi connectivity index (χ3v) is 7.03. The van der Waals surface area contributed by atoms with Crippen molar-refractivity contribution in [2.75, 3.05) is 11.9 Å². The maximum Gasteiger partial charge on any atom is 0.247 e. The molecule has 5 rings (SSSR count). The van der Waals surface area contributed by atoms with E-state index in [1.165, 1.54) is 19.3 Å². The molecule has 1 aliphatic carbocycles. The second kappa shape index (κ2) is 11.2. The molecule has 7 heteroatoms. The molecule has 7 nitrogen and oxygen atoms in total. The van der Waals surface area contributed by atoms with Gasteiger partial charge in [-0.3, -0.25) is 9.48 Å². The van der Waals surface area contributed by atoms with Crippen LogP contribution in [0.15, 0.2) is 85.3 Å². The van der Waals surface area contributed by atoms with Gasteiger partial charge in [-0.2, -0.15) is 10.4 Å². The topological polar surface area (TPSA) is 95.6 Å². The lowest BCUT2D eigenvalue weighted by molar-refractivity contribution is -0.118. The summed E-state index contributed by atoms with van der Waals surface area (Å²) >= 11 is 0. The van der Waals surface area contributed by atoms with Gasteiger partial charge in [-0.15, -0.1) is 0 Å². The van der Waals surface area contributed by atoms with Gasteiger partial charge >= 0.3 is 0 Å². The average molecular weight is 491 g/mol. The smallest absolute Gasteiger partial charge is 0.247 e. The van der Waals surface area contributed by atoms with E-state index in [2.05, 4.69) is 39.9 Å². The number of pyridine rings is 1. The van der Waals surface area contributed by atoms with Crippen molar-refractivity contribution in [1.82, 2.24) is 20.1 Å². The van der Waals surface area contributed by atoms with E-state index in [0.717, 1.165) is 22.3 Å². The zero-order valence-corrected chi connectivity index (χ0v) is 20.8. The van der Waals surface area contributed by atoms with Crippen LogP contribution in [0.3, 0.4) is 0 Å². The minimum Gasteiger partial charge on any atom is -0.309 e. The van der Waals surface area contributed by atoms with E-state index in [1.807, 2.05) is 77.6 Å². The van der Waals surface area contributed by atoms with Crippen LogP contribution in [0, 0.1) is 11.3 Å². The number of hydrogen-bond donors (Lipinski definition) is 2. The Morgan fingerprint density at radius 3 is 2.46 bits per heavy atom. The molecule has 1 amide bonds. The van der Waals surface area contributed by atoms with Crippen molar-refractivity contribution in [2.24, 2.45) is 0 Å². The van der Waals surface area contributed by atoms with Crippen molar-refractivity contribution < 1.29 is 4.79 Å². The molecule has 1 unspecified atom stereocenters. The summed E-state index contributed by atoms with van der Waals surface area (Å²) in [5.74, 6) is 0.490. The highest BCUT2D eigenvalue weighted by Gasteiger charge is 2.22. The summed E-state index contributed by atoms with van der Waals surface area (Å²) in [5, 5.41) is 19.9. The molecular formula is C30H30N6O. The van der Waals surface area contributed by atoms with E-state index in [1.54, 1.807) is 6.20 Å². The second-order valence-corrected chi connectivity index (χ2v) is 9.60. The Morgan fingerprint density at radius 2 is 1.81 bits per heavy atom. The maximum atomic E-state index is 13.4.